The van der Waals surface area contributed by atoms with Crippen LogP contribution >= 0.6 is 0 Å². The number of aliphatic hydroxyl groups is 1. The SMILES string of the molecule is CCCON1C(O)CCC(C)(C)C1(C)C. The first-order valence-electron chi connectivity index (χ1n) is 5.93. The Hall–Kier alpha value is -0.120. The van der Waals surface area contributed by atoms with Gasteiger partial charge < -0.3 is 5.11 Å². The van der Waals surface area contributed by atoms with Gasteiger partial charge in [-0.3, -0.25) is 4.84 Å². The second-order valence-electron chi connectivity index (χ2n) is 5.62. The first-order chi connectivity index (χ1) is 6.83. The molecule has 0 radical (unpaired) electrons. The van der Waals surface area contributed by atoms with Crippen molar-refractivity contribution in [3.63, 3.8) is 0 Å². The van der Waals surface area contributed by atoms with Crippen molar-refractivity contribution >= 4 is 0 Å². The van der Waals surface area contributed by atoms with Gasteiger partial charge in [-0.15, -0.1) is 0 Å². The lowest BCUT2D eigenvalue weighted by Crippen LogP contribution is -2.61. The maximum Gasteiger partial charge on any atom is 0.130 e. The highest BCUT2D eigenvalue weighted by molar-refractivity contribution is 4.97. The van der Waals surface area contributed by atoms with Crippen LogP contribution in [-0.4, -0.2) is 28.5 Å². The van der Waals surface area contributed by atoms with Crippen LogP contribution in [0.4, 0.5) is 0 Å². The van der Waals surface area contributed by atoms with Crippen LogP contribution in [0, 0.1) is 5.41 Å². The number of aliphatic hydroxyl groups excluding tert-OH is 1. The van der Waals surface area contributed by atoms with E-state index in [1.807, 2.05) is 0 Å². The first-order valence-corrected chi connectivity index (χ1v) is 5.93. The molecule has 1 rings (SSSR count). The molecule has 3 heteroatoms. The fourth-order valence-corrected chi connectivity index (χ4v) is 2.02. The van der Waals surface area contributed by atoms with E-state index in [-0.39, 0.29) is 11.0 Å². The maximum absolute atomic E-state index is 9.96. The van der Waals surface area contributed by atoms with Crippen LogP contribution in [0.25, 0.3) is 0 Å². The minimum absolute atomic E-state index is 0.125. The smallest absolute Gasteiger partial charge is 0.130 e. The summed E-state index contributed by atoms with van der Waals surface area (Å²) < 4.78 is 0. The number of piperidine rings is 1. The quantitative estimate of drug-likeness (QED) is 0.785. The van der Waals surface area contributed by atoms with Gasteiger partial charge in [0.1, 0.15) is 6.23 Å². The number of hydroxylamine groups is 2. The average Bonchev–Trinajstić information content (AvgIpc) is 2.13. The van der Waals surface area contributed by atoms with Gasteiger partial charge in [0.25, 0.3) is 0 Å². The van der Waals surface area contributed by atoms with Crippen LogP contribution in [0.1, 0.15) is 53.9 Å². The molecule has 0 aromatic heterocycles. The maximum atomic E-state index is 9.96. The molecule has 90 valence electrons. The first kappa shape index (κ1) is 12.9. The Bertz CT molecular complexity index is 214. The molecule has 1 fully saturated rings. The molecular weight excluding hydrogens is 190 g/mol. The monoisotopic (exact) mass is 215 g/mol. The summed E-state index contributed by atoms with van der Waals surface area (Å²) in [5, 5.41) is 11.8. The molecule has 0 bridgehead atoms. The molecule has 1 saturated heterocycles. The van der Waals surface area contributed by atoms with Gasteiger partial charge in [-0.1, -0.05) is 20.8 Å². The summed E-state index contributed by atoms with van der Waals surface area (Å²) in [4.78, 5) is 5.68. The molecule has 0 aromatic rings. The summed E-state index contributed by atoms with van der Waals surface area (Å²) in [7, 11) is 0. The molecule has 0 spiro atoms. The van der Waals surface area contributed by atoms with Crippen molar-refractivity contribution < 1.29 is 9.94 Å². The van der Waals surface area contributed by atoms with Crippen molar-refractivity contribution in [1.29, 1.82) is 0 Å². The minimum Gasteiger partial charge on any atom is -0.376 e. The van der Waals surface area contributed by atoms with E-state index in [9.17, 15) is 5.11 Å². The van der Waals surface area contributed by atoms with Crippen molar-refractivity contribution in [2.45, 2.75) is 65.6 Å². The summed E-state index contributed by atoms with van der Waals surface area (Å²) >= 11 is 0. The van der Waals surface area contributed by atoms with Gasteiger partial charge in [-0.05, 0) is 38.5 Å². The number of rotatable bonds is 3. The number of hydrogen-bond acceptors (Lipinski definition) is 3. The van der Waals surface area contributed by atoms with Crippen LogP contribution < -0.4 is 0 Å². The summed E-state index contributed by atoms with van der Waals surface area (Å²) in [6.07, 6.45) is 2.34. The van der Waals surface area contributed by atoms with E-state index in [1.165, 1.54) is 0 Å². The van der Waals surface area contributed by atoms with Gasteiger partial charge in [-0.25, -0.2) is 0 Å². The zero-order valence-electron chi connectivity index (χ0n) is 10.7. The predicted octanol–water partition coefficient (Wildman–Crippen LogP) is 2.55. The molecule has 0 amide bonds. The molecule has 1 atom stereocenters. The summed E-state index contributed by atoms with van der Waals surface area (Å²) in [6, 6.07) is 0. The van der Waals surface area contributed by atoms with Crippen molar-refractivity contribution in [3.05, 3.63) is 0 Å². The Kier molecular flexibility index (Phi) is 3.80. The molecule has 3 nitrogen and oxygen atoms in total. The third-order valence-corrected chi connectivity index (χ3v) is 3.94. The van der Waals surface area contributed by atoms with Gasteiger partial charge in [0.15, 0.2) is 0 Å². The van der Waals surface area contributed by atoms with Gasteiger partial charge in [0, 0.05) is 5.54 Å². The molecule has 1 heterocycles. The van der Waals surface area contributed by atoms with Crippen molar-refractivity contribution in [3.8, 4) is 0 Å². The van der Waals surface area contributed by atoms with Crippen LogP contribution in [0.15, 0.2) is 0 Å². The van der Waals surface area contributed by atoms with E-state index in [2.05, 4.69) is 34.6 Å². The zero-order valence-corrected chi connectivity index (χ0v) is 10.7. The minimum atomic E-state index is -0.459. The van der Waals surface area contributed by atoms with Crippen LogP contribution in [0.5, 0.6) is 0 Å². The topological polar surface area (TPSA) is 32.7 Å². The van der Waals surface area contributed by atoms with Crippen LogP contribution in [0.2, 0.25) is 0 Å². The van der Waals surface area contributed by atoms with E-state index in [0.717, 1.165) is 19.3 Å². The largest absolute Gasteiger partial charge is 0.376 e. The van der Waals surface area contributed by atoms with Gasteiger partial charge in [0.05, 0.1) is 6.61 Å². The lowest BCUT2D eigenvalue weighted by Gasteiger charge is -2.54. The van der Waals surface area contributed by atoms with Crippen LogP contribution in [0.3, 0.4) is 0 Å². The summed E-state index contributed by atoms with van der Waals surface area (Å²) in [6.45, 7) is 11.5. The van der Waals surface area contributed by atoms with Gasteiger partial charge in [0.2, 0.25) is 0 Å². The highest BCUT2D eigenvalue weighted by Crippen LogP contribution is 2.45. The molecule has 15 heavy (non-hydrogen) atoms. The zero-order chi connectivity index (χ0) is 11.7. The van der Waals surface area contributed by atoms with Gasteiger partial charge in [-0.2, -0.15) is 5.06 Å². The third kappa shape index (κ3) is 2.35. The normalized spacial score (nSPS) is 30.4. The standard InChI is InChI=1S/C12H25NO2/c1-6-9-15-13-10(14)7-8-11(2,3)12(13,4)5/h10,14H,6-9H2,1-5H3. The van der Waals surface area contributed by atoms with E-state index >= 15 is 0 Å². The number of hydrogen-bond donors (Lipinski definition) is 1. The third-order valence-electron chi connectivity index (χ3n) is 3.94. The Morgan fingerprint density at radius 2 is 1.93 bits per heavy atom. The Labute approximate surface area is 93.4 Å². The molecule has 0 saturated carbocycles. The lowest BCUT2D eigenvalue weighted by molar-refractivity contribution is -0.324. The average molecular weight is 215 g/mol. The van der Waals surface area contributed by atoms with Crippen LogP contribution in [-0.2, 0) is 4.84 Å². The predicted molar refractivity (Wildman–Crippen MR) is 61.2 cm³/mol. The molecule has 0 aliphatic carbocycles. The van der Waals surface area contributed by atoms with Crippen molar-refractivity contribution in [2.75, 3.05) is 6.61 Å². The Morgan fingerprint density at radius 1 is 1.33 bits per heavy atom. The molecule has 1 unspecified atom stereocenters. The van der Waals surface area contributed by atoms with E-state index in [1.54, 1.807) is 5.06 Å². The molecule has 1 aliphatic rings. The highest BCUT2D eigenvalue weighted by atomic mass is 16.7. The lowest BCUT2D eigenvalue weighted by atomic mass is 9.68. The van der Waals surface area contributed by atoms with E-state index in [4.69, 9.17) is 4.84 Å². The van der Waals surface area contributed by atoms with E-state index in [0.29, 0.717) is 6.61 Å². The summed E-state index contributed by atoms with van der Waals surface area (Å²) in [5.41, 5.74) is 0.0415. The summed E-state index contributed by atoms with van der Waals surface area (Å²) in [5.74, 6) is 0. The molecular formula is C12H25NO2. The Balaban J connectivity index is 2.79. The fourth-order valence-electron chi connectivity index (χ4n) is 2.02. The fraction of sp³-hybridized carbons (Fsp3) is 1.00. The second-order valence-corrected chi connectivity index (χ2v) is 5.62. The molecule has 1 N–H and O–H groups in total. The van der Waals surface area contributed by atoms with Gasteiger partial charge >= 0.3 is 0 Å². The second kappa shape index (κ2) is 4.40. The van der Waals surface area contributed by atoms with Crippen molar-refractivity contribution in [1.82, 2.24) is 5.06 Å². The number of nitrogens with zero attached hydrogens (tertiary/aromatic N) is 1. The Morgan fingerprint density at radius 3 is 2.47 bits per heavy atom. The highest BCUT2D eigenvalue weighted by Gasteiger charge is 2.48. The molecule has 1 aliphatic heterocycles. The van der Waals surface area contributed by atoms with E-state index < -0.39 is 6.23 Å². The molecule has 0 aromatic carbocycles. The van der Waals surface area contributed by atoms with Crippen molar-refractivity contribution in [2.24, 2.45) is 5.41 Å².